The molecule has 0 saturated heterocycles. The zero-order valence-electron chi connectivity index (χ0n) is 10.2. The lowest BCUT2D eigenvalue weighted by Crippen LogP contribution is -2.02. The van der Waals surface area contributed by atoms with E-state index in [-0.39, 0.29) is 0 Å². The lowest BCUT2D eigenvalue weighted by Gasteiger charge is -2.03. The number of pyridine rings is 1. The summed E-state index contributed by atoms with van der Waals surface area (Å²) in [5.74, 6) is 0. The Bertz CT molecular complexity index is 688. The van der Waals surface area contributed by atoms with Crippen LogP contribution in [0.4, 0.5) is 0 Å². The van der Waals surface area contributed by atoms with Crippen molar-refractivity contribution < 1.29 is 0 Å². The summed E-state index contributed by atoms with van der Waals surface area (Å²) in [7, 11) is 0. The molecule has 7 nitrogen and oxygen atoms in total. The highest BCUT2D eigenvalue weighted by Gasteiger charge is 2.17. The number of hydrogen-bond acceptors (Lipinski definition) is 7. The van der Waals surface area contributed by atoms with E-state index in [1.54, 1.807) is 17.1 Å². The van der Waals surface area contributed by atoms with Gasteiger partial charge in [0.05, 0.1) is 0 Å². The van der Waals surface area contributed by atoms with Crippen LogP contribution in [0.5, 0.6) is 0 Å². The van der Waals surface area contributed by atoms with Crippen molar-refractivity contribution >= 4 is 11.3 Å². The molecule has 8 heteroatoms. The van der Waals surface area contributed by atoms with E-state index in [4.69, 9.17) is 5.73 Å². The van der Waals surface area contributed by atoms with Crippen LogP contribution in [-0.2, 0) is 6.54 Å². The van der Waals surface area contributed by atoms with Crippen LogP contribution in [0.2, 0.25) is 0 Å². The summed E-state index contributed by atoms with van der Waals surface area (Å²) in [6, 6.07) is 3.78. The maximum absolute atomic E-state index is 5.72. The number of aryl methyl sites for hydroxylation is 1. The van der Waals surface area contributed by atoms with Gasteiger partial charge in [-0.3, -0.25) is 4.98 Å². The number of rotatable bonds is 3. The molecule has 0 atom stereocenters. The third-order valence-electron chi connectivity index (χ3n) is 2.58. The summed E-state index contributed by atoms with van der Waals surface area (Å²) in [5.41, 5.74) is 8.23. The molecule has 19 heavy (non-hydrogen) atoms. The third-order valence-corrected chi connectivity index (χ3v) is 3.40. The average molecular weight is 273 g/mol. The lowest BCUT2D eigenvalue weighted by atomic mass is 10.1. The summed E-state index contributed by atoms with van der Waals surface area (Å²) in [4.78, 5) is 4.01. The monoisotopic (exact) mass is 273 g/mol. The Morgan fingerprint density at radius 2 is 2.00 bits per heavy atom. The molecule has 0 aliphatic heterocycles. The van der Waals surface area contributed by atoms with E-state index in [0.29, 0.717) is 11.7 Å². The van der Waals surface area contributed by atoms with Crippen LogP contribution in [0.3, 0.4) is 0 Å². The van der Waals surface area contributed by atoms with Gasteiger partial charge >= 0.3 is 0 Å². The Hall–Kier alpha value is -2.19. The largest absolute Gasteiger partial charge is 0.325 e. The molecular weight excluding hydrogens is 262 g/mol. The van der Waals surface area contributed by atoms with Gasteiger partial charge in [-0.25, -0.2) is 0 Å². The molecule has 2 N–H and O–H groups in total. The fourth-order valence-corrected chi connectivity index (χ4v) is 2.40. The van der Waals surface area contributed by atoms with E-state index in [0.717, 1.165) is 22.0 Å². The molecule has 0 fully saturated rings. The van der Waals surface area contributed by atoms with Crippen molar-refractivity contribution in [2.45, 2.75) is 13.5 Å². The number of aromatic nitrogens is 6. The normalized spacial score (nSPS) is 10.8. The number of hydrogen-bond donors (Lipinski definition) is 1. The molecule has 0 aromatic carbocycles. The highest BCUT2D eigenvalue weighted by atomic mass is 32.1. The molecule has 3 aromatic rings. The van der Waals surface area contributed by atoms with Crippen LogP contribution in [-0.4, -0.2) is 30.2 Å². The van der Waals surface area contributed by atoms with E-state index in [2.05, 4.69) is 25.5 Å². The van der Waals surface area contributed by atoms with Crippen molar-refractivity contribution in [3.05, 3.63) is 35.2 Å². The molecule has 3 aromatic heterocycles. The van der Waals surface area contributed by atoms with E-state index in [9.17, 15) is 0 Å². The van der Waals surface area contributed by atoms with E-state index in [1.165, 1.54) is 11.3 Å². The van der Waals surface area contributed by atoms with Crippen molar-refractivity contribution in [1.29, 1.82) is 0 Å². The molecule has 0 amide bonds. The van der Waals surface area contributed by atoms with Gasteiger partial charge in [0.2, 0.25) is 5.13 Å². The van der Waals surface area contributed by atoms with Gasteiger partial charge in [0.1, 0.15) is 16.4 Å². The second-order valence-corrected chi connectivity index (χ2v) is 5.00. The average Bonchev–Trinajstić information content (AvgIpc) is 3.05. The molecule has 0 saturated carbocycles. The van der Waals surface area contributed by atoms with Crippen LogP contribution < -0.4 is 5.73 Å². The van der Waals surface area contributed by atoms with Crippen molar-refractivity contribution in [1.82, 2.24) is 30.2 Å². The van der Waals surface area contributed by atoms with Gasteiger partial charge in [0, 0.05) is 24.5 Å². The zero-order chi connectivity index (χ0) is 13.2. The zero-order valence-corrected chi connectivity index (χ0v) is 11.0. The first-order valence-electron chi connectivity index (χ1n) is 5.65. The first-order chi connectivity index (χ1) is 9.29. The summed E-state index contributed by atoms with van der Waals surface area (Å²) < 4.78 is 1.67. The highest BCUT2D eigenvalue weighted by Crippen LogP contribution is 2.25. The van der Waals surface area contributed by atoms with Gasteiger partial charge in [-0.1, -0.05) is 16.6 Å². The predicted molar refractivity (Wildman–Crippen MR) is 70.7 cm³/mol. The summed E-state index contributed by atoms with van der Waals surface area (Å²) in [6.07, 6.45) is 3.44. The highest BCUT2D eigenvalue weighted by molar-refractivity contribution is 7.13. The van der Waals surface area contributed by atoms with Gasteiger partial charge in [-0.05, 0) is 19.1 Å². The van der Waals surface area contributed by atoms with Crippen LogP contribution in [0.25, 0.3) is 16.4 Å². The minimum atomic E-state index is 0.315. The molecule has 0 bridgehead atoms. The first kappa shape index (κ1) is 11.9. The second-order valence-electron chi connectivity index (χ2n) is 3.84. The summed E-state index contributed by atoms with van der Waals surface area (Å²) in [5, 5.41) is 17.9. The molecule has 3 rings (SSSR count). The topological polar surface area (TPSA) is 95.4 Å². The van der Waals surface area contributed by atoms with Crippen molar-refractivity contribution in [3.63, 3.8) is 0 Å². The molecule has 0 aliphatic carbocycles. The maximum atomic E-state index is 5.72. The van der Waals surface area contributed by atoms with Crippen molar-refractivity contribution in [2.75, 3.05) is 0 Å². The van der Waals surface area contributed by atoms with Gasteiger partial charge in [-0.2, -0.15) is 4.68 Å². The molecule has 0 spiro atoms. The predicted octanol–water partition coefficient (Wildman–Crippen LogP) is 0.948. The summed E-state index contributed by atoms with van der Waals surface area (Å²) in [6.45, 7) is 2.21. The number of nitrogens with zero attached hydrogens (tertiary/aromatic N) is 6. The Balaban J connectivity index is 2.19. The molecule has 0 aliphatic rings. The quantitative estimate of drug-likeness (QED) is 0.763. The van der Waals surface area contributed by atoms with Gasteiger partial charge in [-0.15, -0.1) is 15.3 Å². The Labute approximate surface area is 113 Å². The SMILES string of the molecule is Cc1nnc(-n2nnc(CN)c2-c2ccncc2)s1. The van der Waals surface area contributed by atoms with Crippen molar-refractivity contribution in [3.8, 4) is 16.4 Å². The lowest BCUT2D eigenvalue weighted by molar-refractivity contribution is 0.782. The smallest absolute Gasteiger partial charge is 0.234 e. The standard InChI is InChI=1S/C11H11N7S/c1-7-14-16-11(19-7)18-10(9(6-12)15-17-18)8-2-4-13-5-3-8/h2-5H,6,12H2,1H3. The third kappa shape index (κ3) is 2.11. The van der Waals surface area contributed by atoms with Crippen molar-refractivity contribution in [2.24, 2.45) is 5.73 Å². The van der Waals surface area contributed by atoms with Crippen LogP contribution in [0, 0.1) is 6.92 Å². The van der Waals surface area contributed by atoms with E-state index < -0.39 is 0 Å². The van der Waals surface area contributed by atoms with Crippen LogP contribution >= 0.6 is 11.3 Å². The van der Waals surface area contributed by atoms with Crippen LogP contribution in [0.15, 0.2) is 24.5 Å². The molecular formula is C11H11N7S. The first-order valence-corrected chi connectivity index (χ1v) is 6.46. The van der Waals surface area contributed by atoms with E-state index in [1.807, 2.05) is 19.1 Å². The van der Waals surface area contributed by atoms with Gasteiger partial charge in [0.15, 0.2) is 0 Å². The van der Waals surface area contributed by atoms with Crippen LogP contribution in [0.1, 0.15) is 10.7 Å². The molecule has 96 valence electrons. The fraction of sp³-hybridized carbons (Fsp3) is 0.182. The van der Waals surface area contributed by atoms with Gasteiger partial charge < -0.3 is 5.73 Å². The van der Waals surface area contributed by atoms with E-state index >= 15 is 0 Å². The molecule has 0 unspecified atom stereocenters. The molecule has 3 heterocycles. The van der Waals surface area contributed by atoms with Gasteiger partial charge in [0.25, 0.3) is 0 Å². The molecule has 0 radical (unpaired) electrons. The Kier molecular flexibility index (Phi) is 3.02. The minimum Gasteiger partial charge on any atom is -0.325 e. The summed E-state index contributed by atoms with van der Waals surface area (Å²) >= 11 is 1.46. The fourth-order valence-electron chi connectivity index (χ4n) is 1.75. The Morgan fingerprint density at radius 3 is 2.63 bits per heavy atom. The maximum Gasteiger partial charge on any atom is 0.234 e. The number of nitrogens with two attached hydrogens (primary N) is 1. The minimum absolute atomic E-state index is 0.315. The second kappa shape index (κ2) is 4.82. The Morgan fingerprint density at radius 1 is 1.21 bits per heavy atom.